The van der Waals surface area contributed by atoms with Crippen molar-refractivity contribution in [1.29, 1.82) is 0 Å². The third-order valence-electron chi connectivity index (χ3n) is 5.59. The maximum absolute atomic E-state index is 11.4. The highest BCUT2D eigenvalue weighted by atomic mass is 16.1. The van der Waals surface area contributed by atoms with E-state index in [0.29, 0.717) is 17.6 Å². The Hall–Kier alpha value is -2.18. The molecule has 0 N–H and O–H groups in total. The van der Waals surface area contributed by atoms with Crippen molar-refractivity contribution < 1.29 is 9.59 Å². The van der Waals surface area contributed by atoms with E-state index in [1.165, 1.54) is 17.5 Å². The third-order valence-corrected chi connectivity index (χ3v) is 5.59. The van der Waals surface area contributed by atoms with Crippen molar-refractivity contribution in [2.75, 3.05) is 0 Å². The van der Waals surface area contributed by atoms with Crippen molar-refractivity contribution in [3.8, 4) is 0 Å². The van der Waals surface area contributed by atoms with Crippen LogP contribution in [0.5, 0.6) is 0 Å². The Labute approximate surface area is 144 Å². The first-order chi connectivity index (χ1) is 11.3. The Morgan fingerprint density at radius 1 is 1.04 bits per heavy atom. The second kappa shape index (κ2) is 5.72. The molecular weight excluding hydrogens is 296 g/mol. The number of rotatable bonds is 2. The summed E-state index contributed by atoms with van der Waals surface area (Å²) in [6.45, 7) is 9.16. The molecule has 2 heteroatoms. The van der Waals surface area contributed by atoms with E-state index in [-0.39, 0.29) is 10.8 Å². The lowest BCUT2D eigenvalue weighted by Gasteiger charge is -2.42. The van der Waals surface area contributed by atoms with Crippen LogP contribution in [0.2, 0.25) is 0 Å². The van der Waals surface area contributed by atoms with Crippen LogP contribution in [-0.2, 0) is 20.4 Å². The zero-order chi connectivity index (χ0) is 17.5. The highest BCUT2D eigenvalue weighted by Crippen LogP contribution is 2.46. The van der Waals surface area contributed by atoms with Gasteiger partial charge in [0.1, 0.15) is 12.2 Å². The van der Waals surface area contributed by atoms with Crippen LogP contribution in [0, 0.1) is 0 Å². The molecule has 0 atom stereocenters. The molecule has 0 amide bonds. The standard InChI is InChI=1S/C22H24O2/c1-21(2)9-10-22(3,4)20-12-16(7-8-19(20)21)18-11-15(13-23)5-6-17(18)14-24/h6-8,11-12,14H,5,9-10H2,1-4H3. The average molecular weight is 320 g/mol. The Balaban J connectivity index is 2.18. The summed E-state index contributed by atoms with van der Waals surface area (Å²) in [5, 5.41) is 0. The van der Waals surface area contributed by atoms with Gasteiger partial charge in [-0.1, -0.05) is 52.0 Å². The minimum absolute atomic E-state index is 0.116. The lowest BCUT2D eigenvalue weighted by molar-refractivity contribution is -0.104. The van der Waals surface area contributed by atoms with Crippen molar-refractivity contribution in [3.05, 3.63) is 58.2 Å². The summed E-state index contributed by atoms with van der Waals surface area (Å²) in [6, 6.07) is 6.50. The first kappa shape index (κ1) is 16.7. The van der Waals surface area contributed by atoms with Crippen LogP contribution >= 0.6 is 0 Å². The minimum Gasteiger partial charge on any atom is -0.298 e. The van der Waals surface area contributed by atoms with Crippen molar-refractivity contribution in [3.63, 3.8) is 0 Å². The maximum atomic E-state index is 11.4. The van der Waals surface area contributed by atoms with Gasteiger partial charge < -0.3 is 0 Å². The highest BCUT2D eigenvalue weighted by Gasteiger charge is 2.37. The topological polar surface area (TPSA) is 34.1 Å². The van der Waals surface area contributed by atoms with Crippen molar-refractivity contribution in [1.82, 2.24) is 0 Å². The largest absolute Gasteiger partial charge is 0.298 e. The maximum Gasteiger partial charge on any atom is 0.150 e. The van der Waals surface area contributed by atoms with Crippen LogP contribution in [0.4, 0.5) is 0 Å². The van der Waals surface area contributed by atoms with E-state index >= 15 is 0 Å². The van der Waals surface area contributed by atoms with Crippen LogP contribution in [0.15, 0.2) is 41.5 Å². The lowest BCUT2D eigenvalue weighted by Crippen LogP contribution is -2.33. The molecule has 3 rings (SSSR count). The zero-order valence-electron chi connectivity index (χ0n) is 14.9. The summed E-state index contributed by atoms with van der Waals surface area (Å²) in [5.74, 6) is 1.97. The second-order valence-electron chi connectivity index (χ2n) is 8.19. The van der Waals surface area contributed by atoms with Gasteiger partial charge in [0, 0.05) is 17.6 Å². The molecule has 2 aliphatic rings. The summed E-state index contributed by atoms with van der Waals surface area (Å²) in [4.78, 5) is 22.5. The molecule has 0 saturated heterocycles. The number of hydrogen-bond donors (Lipinski definition) is 0. The number of fused-ring (bicyclic) bond motifs is 1. The highest BCUT2D eigenvalue weighted by molar-refractivity contribution is 6.01. The summed E-state index contributed by atoms with van der Waals surface area (Å²) in [5.41, 5.74) is 6.11. The quantitative estimate of drug-likeness (QED) is 0.584. The Bertz CT molecular complexity index is 812. The van der Waals surface area contributed by atoms with Crippen LogP contribution in [-0.4, -0.2) is 12.2 Å². The van der Waals surface area contributed by atoms with E-state index in [1.54, 1.807) is 6.08 Å². The number of hydrogen-bond acceptors (Lipinski definition) is 2. The van der Waals surface area contributed by atoms with Crippen molar-refractivity contribution >= 4 is 17.8 Å². The minimum atomic E-state index is 0.116. The van der Waals surface area contributed by atoms with Gasteiger partial charge in [0.25, 0.3) is 0 Å². The first-order valence-electron chi connectivity index (χ1n) is 8.55. The predicted molar refractivity (Wildman–Crippen MR) is 97.7 cm³/mol. The van der Waals surface area contributed by atoms with E-state index in [1.807, 2.05) is 12.0 Å². The van der Waals surface area contributed by atoms with E-state index in [2.05, 4.69) is 45.9 Å². The van der Waals surface area contributed by atoms with Gasteiger partial charge >= 0.3 is 0 Å². The molecular formula is C22H24O2. The Kier molecular flexibility index (Phi) is 3.97. The van der Waals surface area contributed by atoms with Gasteiger partial charge in [-0.2, -0.15) is 0 Å². The molecule has 0 spiro atoms. The molecule has 0 radical (unpaired) electrons. The number of benzene rings is 1. The summed E-state index contributed by atoms with van der Waals surface area (Å²) < 4.78 is 0. The van der Waals surface area contributed by atoms with E-state index in [4.69, 9.17) is 0 Å². The van der Waals surface area contributed by atoms with Gasteiger partial charge in [-0.25, -0.2) is 4.79 Å². The molecule has 0 unspecified atom stereocenters. The van der Waals surface area contributed by atoms with Gasteiger partial charge in [-0.3, -0.25) is 4.79 Å². The molecule has 0 heterocycles. The van der Waals surface area contributed by atoms with E-state index in [9.17, 15) is 9.59 Å². The Morgan fingerprint density at radius 3 is 2.33 bits per heavy atom. The van der Waals surface area contributed by atoms with Crippen molar-refractivity contribution in [2.45, 2.75) is 57.8 Å². The summed E-state index contributed by atoms with van der Waals surface area (Å²) >= 11 is 0. The molecule has 0 aliphatic heterocycles. The zero-order valence-corrected chi connectivity index (χ0v) is 14.9. The molecule has 0 saturated carbocycles. The molecule has 124 valence electrons. The van der Waals surface area contributed by atoms with Crippen molar-refractivity contribution in [2.24, 2.45) is 0 Å². The predicted octanol–water partition coefficient (Wildman–Crippen LogP) is 4.71. The van der Waals surface area contributed by atoms with Gasteiger partial charge in [-0.05, 0) is 52.0 Å². The van der Waals surface area contributed by atoms with E-state index in [0.717, 1.165) is 23.8 Å². The molecule has 0 bridgehead atoms. The molecule has 1 aromatic rings. The second-order valence-corrected chi connectivity index (χ2v) is 8.19. The van der Waals surface area contributed by atoms with Crippen LogP contribution < -0.4 is 0 Å². The monoisotopic (exact) mass is 320 g/mol. The Morgan fingerprint density at radius 2 is 1.71 bits per heavy atom. The number of aldehydes is 1. The first-order valence-corrected chi connectivity index (χ1v) is 8.55. The fraction of sp³-hybridized carbons (Fsp3) is 0.409. The number of carbonyl (C=O) groups is 1. The smallest absolute Gasteiger partial charge is 0.150 e. The molecule has 0 fully saturated rings. The molecule has 1 aromatic carbocycles. The number of carbonyl (C=O) groups excluding carboxylic acids is 2. The lowest BCUT2D eigenvalue weighted by atomic mass is 9.62. The average Bonchev–Trinajstić information content (AvgIpc) is 2.58. The molecule has 2 nitrogen and oxygen atoms in total. The summed E-state index contributed by atoms with van der Waals surface area (Å²) in [7, 11) is 0. The van der Waals surface area contributed by atoms with Crippen LogP contribution in [0.1, 0.15) is 63.6 Å². The SMILES string of the molecule is CC1(C)CCC(C)(C)c2cc(C3=CC(=C=O)CC=C3C=O)ccc21. The van der Waals surface area contributed by atoms with Gasteiger partial charge in [0.15, 0.2) is 0 Å². The van der Waals surface area contributed by atoms with E-state index < -0.39 is 0 Å². The van der Waals surface area contributed by atoms with Crippen LogP contribution in [0.3, 0.4) is 0 Å². The van der Waals surface area contributed by atoms with Gasteiger partial charge in [0.05, 0.1) is 0 Å². The van der Waals surface area contributed by atoms with Gasteiger partial charge in [0.2, 0.25) is 0 Å². The third kappa shape index (κ3) is 2.72. The number of allylic oxidation sites excluding steroid dienone is 5. The molecule has 24 heavy (non-hydrogen) atoms. The van der Waals surface area contributed by atoms with Gasteiger partial charge in [-0.15, -0.1) is 0 Å². The van der Waals surface area contributed by atoms with Crippen LogP contribution in [0.25, 0.3) is 5.57 Å². The molecule has 0 aromatic heterocycles. The fourth-order valence-electron chi connectivity index (χ4n) is 3.84. The molecule has 2 aliphatic carbocycles. The summed E-state index contributed by atoms with van der Waals surface area (Å²) in [6.07, 6.45) is 7.29. The normalized spacial score (nSPS) is 21.2. The fourth-order valence-corrected chi connectivity index (χ4v) is 3.84.